The maximum atomic E-state index is 12.3. The fourth-order valence-corrected chi connectivity index (χ4v) is 3.50. The number of aryl methyl sites for hydroxylation is 1. The third-order valence-electron chi connectivity index (χ3n) is 4.22. The van der Waals surface area contributed by atoms with Crippen molar-refractivity contribution >= 4 is 45.2 Å². The summed E-state index contributed by atoms with van der Waals surface area (Å²) in [6, 6.07) is 10.4. The van der Waals surface area contributed by atoms with Crippen LogP contribution < -0.4 is 16.2 Å². The normalized spacial score (nSPS) is 10.7. The first-order valence-electron chi connectivity index (χ1n) is 8.88. The van der Waals surface area contributed by atoms with Gasteiger partial charge in [0.15, 0.2) is 16.7 Å². The van der Waals surface area contributed by atoms with Gasteiger partial charge < -0.3 is 8.83 Å². The van der Waals surface area contributed by atoms with Gasteiger partial charge in [-0.25, -0.2) is 4.98 Å². The summed E-state index contributed by atoms with van der Waals surface area (Å²) < 4.78 is 10.6. The Labute approximate surface area is 174 Å². The van der Waals surface area contributed by atoms with Gasteiger partial charge in [0.2, 0.25) is 5.91 Å². The quantitative estimate of drug-likeness (QED) is 0.423. The molecule has 0 bridgehead atoms. The van der Waals surface area contributed by atoms with Crippen LogP contribution >= 0.6 is 11.3 Å². The van der Waals surface area contributed by atoms with Gasteiger partial charge in [-0.3, -0.25) is 30.6 Å². The molecule has 0 spiro atoms. The topological polar surface area (TPSA) is 126 Å². The number of furan rings is 2. The number of thiazole rings is 1. The summed E-state index contributed by atoms with van der Waals surface area (Å²) in [5.74, 6) is -1.16. The average molecular weight is 424 g/mol. The lowest BCUT2D eigenvalue weighted by molar-refractivity contribution is -0.121. The zero-order valence-corrected chi connectivity index (χ0v) is 16.5. The SMILES string of the molecule is Cc1c(C(=O)NNC(=O)Cc2csc(NC(=O)c3ccco3)n2)oc2ccccc12. The molecule has 4 aromatic rings. The summed E-state index contributed by atoms with van der Waals surface area (Å²) in [4.78, 5) is 40.6. The molecule has 3 N–H and O–H groups in total. The second kappa shape index (κ2) is 8.21. The number of nitrogens with one attached hydrogen (secondary N) is 3. The Morgan fingerprint density at radius 1 is 1.07 bits per heavy atom. The van der Waals surface area contributed by atoms with Crippen LogP contribution in [0.15, 0.2) is 56.9 Å². The number of aromatic nitrogens is 1. The number of carbonyl (C=O) groups is 3. The van der Waals surface area contributed by atoms with E-state index in [0.717, 1.165) is 5.39 Å². The monoisotopic (exact) mass is 424 g/mol. The number of nitrogens with zero attached hydrogens (tertiary/aromatic N) is 1. The van der Waals surface area contributed by atoms with Gasteiger partial charge in [-0.1, -0.05) is 18.2 Å². The molecule has 3 aromatic heterocycles. The predicted octanol–water partition coefficient (Wildman–Crippen LogP) is 3.05. The van der Waals surface area contributed by atoms with Gasteiger partial charge in [0.1, 0.15) is 5.58 Å². The number of hydrogen-bond donors (Lipinski definition) is 3. The summed E-state index contributed by atoms with van der Waals surface area (Å²) in [6.45, 7) is 1.77. The van der Waals surface area contributed by atoms with Gasteiger partial charge >= 0.3 is 5.91 Å². The van der Waals surface area contributed by atoms with Crippen LogP contribution in [0.1, 0.15) is 32.4 Å². The van der Waals surface area contributed by atoms with Crippen molar-refractivity contribution in [2.45, 2.75) is 13.3 Å². The lowest BCUT2D eigenvalue weighted by atomic mass is 10.1. The minimum atomic E-state index is -0.554. The van der Waals surface area contributed by atoms with Crippen molar-refractivity contribution in [1.82, 2.24) is 15.8 Å². The fourth-order valence-electron chi connectivity index (χ4n) is 2.79. The lowest BCUT2D eigenvalue weighted by Crippen LogP contribution is -2.42. The fraction of sp³-hybridized carbons (Fsp3) is 0.100. The Morgan fingerprint density at radius 2 is 1.90 bits per heavy atom. The molecule has 30 heavy (non-hydrogen) atoms. The van der Waals surface area contributed by atoms with Crippen LogP contribution in [0.3, 0.4) is 0 Å². The highest BCUT2D eigenvalue weighted by atomic mass is 32.1. The molecule has 9 nitrogen and oxygen atoms in total. The predicted molar refractivity (Wildman–Crippen MR) is 109 cm³/mol. The largest absolute Gasteiger partial charge is 0.459 e. The Bertz CT molecular complexity index is 1230. The maximum absolute atomic E-state index is 12.3. The molecule has 4 rings (SSSR count). The van der Waals surface area contributed by atoms with Crippen molar-refractivity contribution in [2.75, 3.05) is 5.32 Å². The summed E-state index contributed by atoms with van der Waals surface area (Å²) >= 11 is 1.18. The molecule has 152 valence electrons. The highest BCUT2D eigenvalue weighted by Gasteiger charge is 2.18. The molecular formula is C20H16N4O5S. The number of rotatable bonds is 5. The van der Waals surface area contributed by atoms with Crippen LogP contribution in [-0.4, -0.2) is 22.7 Å². The minimum Gasteiger partial charge on any atom is -0.459 e. The van der Waals surface area contributed by atoms with E-state index < -0.39 is 17.7 Å². The van der Waals surface area contributed by atoms with Crippen LogP contribution in [0.4, 0.5) is 5.13 Å². The van der Waals surface area contributed by atoms with E-state index in [-0.39, 0.29) is 17.9 Å². The third kappa shape index (κ3) is 4.08. The number of fused-ring (bicyclic) bond motifs is 1. The van der Waals surface area contributed by atoms with E-state index >= 15 is 0 Å². The summed E-state index contributed by atoms with van der Waals surface area (Å²) in [6.07, 6.45) is 1.32. The number of carbonyl (C=O) groups excluding carboxylic acids is 3. The highest BCUT2D eigenvalue weighted by Crippen LogP contribution is 2.24. The third-order valence-corrected chi connectivity index (χ3v) is 5.03. The van der Waals surface area contributed by atoms with Crippen molar-refractivity contribution in [2.24, 2.45) is 0 Å². The number of hydrogen-bond acceptors (Lipinski definition) is 7. The van der Waals surface area contributed by atoms with E-state index in [9.17, 15) is 14.4 Å². The summed E-state index contributed by atoms with van der Waals surface area (Å²) in [7, 11) is 0. The molecule has 10 heteroatoms. The number of benzene rings is 1. The smallest absolute Gasteiger partial charge is 0.305 e. The van der Waals surface area contributed by atoms with E-state index in [2.05, 4.69) is 21.2 Å². The molecule has 0 radical (unpaired) electrons. The Kier molecular flexibility index (Phi) is 5.31. The molecular weight excluding hydrogens is 408 g/mol. The molecule has 0 aliphatic heterocycles. The molecule has 0 unspecified atom stereocenters. The van der Waals surface area contributed by atoms with Gasteiger partial charge in [-0.2, -0.15) is 0 Å². The van der Waals surface area contributed by atoms with Gasteiger partial charge in [-0.15, -0.1) is 11.3 Å². The summed E-state index contributed by atoms with van der Waals surface area (Å²) in [5, 5.41) is 5.40. The van der Waals surface area contributed by atoms with Crippen LogP contribution in [0.2, 0.25) is 0 Å². The van der Waals surface area contributed by atoms with Crippen molar-refractivity contribution < 1.29 is 23.2 Å². The maximum Gasteiger partial charge on any atom is 0.305 e. The van der Waals surface area contributed by atoms with Crippen LogP contribution in [0.25, 0.3) is 11.0 Å². The van der Waals surface area contributed by atoms with E-state index in [1.165, 1.54) is 23.7 Å². The first-order valence-corrected chi connectivity index (χ1v) is 9.76. The Morgan fingerprint density at radius 3 is 2.67 bits per heavy atom. The number of para-hydroxylation sites is 1. The Hall–Kier alpha value is -3.92. The second-order valence-electron chi connectivity index (χ2n) is 6.31. The molecule has 0 saturated heterocycles. The second-order valence-corrected chi connectivity index (χ2v) is 7.16. The van der Waals surface area contributed by atoms with Crippen molar-refractivity contribution in [3.8, 4) is 0 Å². The molecule has 0 aliphatic rings. The standard InChI is InChI=1S/C20H16N4O5S/c1-11-13-5-2-3-6-14(13)29-17(11)19(27)24-23-16(25)9-12-10-30-20(21-12)22-18(26)15-7-4-8-28-15/h2-8,10H,9H2,1H3,(H,23,25)(H,24,27)(H,21,22,26). The first kappa shape index (κ1) is 19.4. The molecule has 0 atom stereocenters. The van der Waals surface area contributed by atoms with Crippen LogP contribution in [0, 0.1) is 6.92 Å². The zero-order valence-electron chi connectivity index (χ0n) is 15.7. The molecule has 0 fully saturated rings. The lowest BCUT2D eigenvalue weighted by Gasteiger charge is -2.05. The molecule has 3 heterocycles. The molecule has 0 saturated carbocycles. The van der Waals surface area contributed by atoms with Crippen LogP contribution in [-0.2, 0) is 11.2 Å². The molecule has 3 amide bonds. The first-order chi connectivity index (χ1) is 14.5. The number of amides is 3. The van der Waals surface area contributed by atoms with E-state index in [0.29, 0.717) is 22.0 Å². The van der Waals surface area contributed by atoms with E-state index in [1.54, 1.807) is 24.4 Å². The molecule has 0 aliphatic carbocycles. The zero-order chi connectivity index (χ0) is 21.1. The van der Waals surface area contributed by atoms with Crippen molar-refractivity contribution in [3.63, 3.8) is 0 Å². The number of anilines is 1. The molecule has 1 aromatic carbocycles. The van der Waals surface area contributed by atoms with Crippen molar-refractivity contribution in [3.05, 3.63) is 70.8 Å². The van der Waals surface area contributed by atoms with Gasteiger partial charge in [0.25, 0.3) is 5.91 Å². The van der Waals surface area contributed by atoms with E-state index in [1.807, 2.05) is 18.2 Å². The highest BCUT2D eigenvalue weighted by molar-refractivity contribution is 7.14. The number of hydrazine groups is 1. The average Bonchev–Trinajstić information content (AvgIpc) is 3.48. The summed E-state index contributed by atoms with van der Waals surface area (Å²) in [5.41, 5.74) is 6.41. The van der Waals surface area contributed by atoms with Gasteiger partial charge in [-0.05, 0) is 25.1 Å². The van der Waals surface area contributed by atoms with Crippen LogP contribution in [0.5, 0.6) is 0 Å². The van der Waals surface area contributed by atoms with Gasteiger partial charge in [0.05, 0.1) is 18.4 Å². The van der Waals surface area contributed by atoms with Crippen molar-refractivity contribution in [1.29, 1.82) is 0 Å². The minimum absolute atomic E-state index is 0.0769. The van der Waals surface area contributed by atoms with Gasteiger partial charge in [0, 0.05) is 16.3 Å². The van der Waals surface area contributed by atoms with E-state index in [4.69, 9.17) is 8.83 Å². The Balaban J connectivity index is 1.31.